The van der Waals surface area contributed by atoms with Crippen LogP contribution in [-0.4, -0.2) is 39.5 Å². The normalized spacial score (nSPS) is 16.3. The summed E-state index contributed by atoms with van der Waals surface area (Å²) in [5.74, 6) is -0.118. The number of nitrogens with zero attached hydrogens (tertiary/aromatic N) is 4. The lowest BCUT2D eigenvalue weighted by molar-refractivity contribution is -0.0277. The second-order valence-electron chi connectivity index (χ2n) is 7.49. The number of aromatic nitrogens is 2. The first-order chi connectivity index (χ1) is 13.2. The van der Waals surface area contributed by atoms with Gasteiger partial charge in [0.25, 0.3) is 0 Å². The van der Waals surface area contributed by atoms with Crippen LogP contribution in [0.4, 0.5) is 9.18 Å². The van der Waals surface area contributed by atoms with Crippen molar-refractivity contribution in [2.45, 2.75) is 45.9 Å². The fraction of sp³-hybridized carbons (Fsp3) is 0.450. The summed E-state index contributed by atoms with van der Waals surface area (Å²) in [6.07, 6.45) is -0.0247. The molecule has 0 N–H and O–H groups in total. The van der Waals surface area contributed by atoms with Gasteiger partial charge >= 0.3 is 6.09 Å². The van der Waals surface area contributed by atoms with Gasteiger partial charge in [-0.3, -0.25) is 4.90 Å². The second kappa shape index (κ2) is 7.50. The second-order valence-corrected chi connectivity index (χ2v) is 7.49. The van der Waals surface area contributed by atoms with Crippen LogP contribution < -0.4 is 4.74 Å². The summed E-state index contributed by atoms with van der Waals surface area (Å²) in [5.41, 5.74) is 0.417. The number of ether oxygens (including phenoxy) is 2. The average molecular weight is 386 g/mol. The van der Waals surface area contributed by atoms with E-state index in [1.54, 1.807) is 27.8 Å². The lowest BCUT2D eigenvalue weighted by Crippen LogP contribution is -2.50. The number of hydrogen-bond donors (Lipinski definition) is 0. The molecule has 3 rings (SSSR count). The molecular weight excluding hydrogens is 363 g/mol. The average Bonchev–Trinajstić information content (AvgIpc) is 2.96. The highest BCUT2D eigenvalue weighted by molar-refractivity contribution is 5.69. The van der Waals surface area contributed by atoms with Gasteiger partial charge in [-0.05, 0) is 39.8 Å². The Kier molecular flexibility index (Phi) is 5.27. The molecular formula is C20H23FN4O3. The molecule has 1 aromatic carbocycles. The quantitative estimate of drug-likeness (QED) is 0.790. The van der Waals surface area contributed by atoms with E-state index in [1.165, 1.54) is 12.1 Å². The van der Waals surface area contributed by atoms with Crippen molar-refractivity contribution >= 4 is 6.09 Å². The number of nitriles is 1. The molecule has 1 amide bonds. The van der Waals surface area contributed by atoms with Crippen molar-refractivity contribution in [1.82, 2.24) is 14.7 Å². The van der Waals surface area contributed by atoms with Crippen LogP contribution in [0.25, 0.3) is 11.3 Å². The molecule has 1 saturated heterocycles. The van der Waals surface area contributed by atoms with Crippen molar-refractivity contribution in [2.75, 3.05) is 13.2 Å². The molecule has 1 aliphatic rings. The van der Waals surface area contributed by atoms with E-state index < -0.39 is 17.5 Å². The van der Waals surface area contributed by atoms with Crippen LogP contribution in [0.1, 0.15) is 45.8 Å². The van der Waals surface area contributed by atoms with Gasteiger partial charge in [0, 0.05) is 24.6 Å². The number of hydrogen-bond acceptors (Lipinski definition) is 5. The standard InChI is InChI=1S/C20H23FN4O3/c1-5-27-18-11-16(13-6-7-14(12-22)15(21)10-13)23-25(18)17-8-9-24(17)19(26)28-20(2,3)4/h6-7,10-11,17H,5,8-9H2,1-4H3. The van der Waals surface area contributed by atoms with Gasteiger partial charge < -0.3 is 9.47 Å². The van der Waals surface area contributed by atoms with Crippen LogP contribution >= 0.6 is 0 Å². The molecule has 0 saturated carbocycles. The van der Waals surface area contributed by atoms with Gasteiger partial charge in [0.1, 0.15) is 23.7 Å². The van der Waals surface area contributed by atoms with Gasteiger partial charge in [0.05, 0.1) is 17.9 Å². The highest BCUT2D eigenvalue weighted by Crippen LogP contribution is 2.35. The Labute approximate surface area is 163 Å². The molecule has 8 heteroatoms. The van der Waals surface area contributed by atoms with E-state index in [-0.39, 0.29) is 11.7 Å². The van der Waals surface area contributed by atoms with Gasteiger partial charge in [0.15, 0.2) is 0 Å². The molecule has 28 heavy (non-hydrogen) atoms. The lowest BCUT2D eigenvalue weighted by Gasteiger charge is -2.41. The van der Waals surface area contributed by atoms with Crippen LogP contribution in [0.2, 0.25) is 0 Å². The van der Waals surface area contributed by atoms with E-state index in [2.05, 4.69) is 5.10 Å². The minimum atomic E-state index is -0.605. The predicted molar refractivity (Wildman–Crippen MR) is 100 cm³/mol. The minimum absolute atomic E-state index is 0.0247. The lowest BCUT2D eigenvalue weighted by atomic mass is 10.1. The largest absolute Gasteiger partial charge is 0.478 e. The third-order valence-electron chi connectivity index (χ3n) is 4.28. The Morgan fingerprint density at radius 2 is 2.14 bits per heavy atom. The zero-order valence-electron chi connectivity index (χ0n) is 16.4. The van der Waals surface area contributed by atoms with E-state index >= 15 is 0 Å². The molecule has 2 heterocycles. The highest BCUT2D eigenvalue weighted by atomic mass is 19.1. The summed E-state index contributed by atoms with van der Waals surface area (Å²) in [7, 11) is 0. The summed E-state index contributed by atoms with van der Waals surface area (Å²) in [4.78, 5) is 14.0. The predicted octanol–water partition coefficient (Wildman–Crippen LogP) is 4.10. The van der Waals surface area contributed by atoms with E-state index in [4.69, 9.17) is 14.7 Å². The van der Waals surface area contributed by atoms with Gasteiger partial charge in [-0.25, -0.2) is 13.9 Å². The van der Waals surface area contributed by atoms with Gasteiger partial charge in [-0.15, -0.1) is 0 Å². The zero-order chi connectivity index (χ0) is 20.5. The minimum Gasteiger partial charge on any atom is -0.478 e. The van der Waals surface area contributed by atoms with Crippen LogP contribution in [0.3, 0.4) is 0 Å². The van der Waals surface area contributed by atoms with Crippen LogP contribution in [0, 0.1) is 17.1 Å². The third kappa shape index (κ3) is 3.93. The smallest absolute Gasteiger partial charge is 0.412 e. The summed E-state index contributed by atoms with van der Waals surface area (Å²) in [6.45, 7) is 8.28. The first-order valence-corrected chi connectivity index (χ1v) is 9.15. The first kappa shape index (κ1) is 19.7. The van der Waals surface area contributed by atoms with Crippen LogP contribution in [-0.2, 0) is 4.74 Å². The molecule has 148 valence electrons. The molecule has 1 unspecified atom stereocenters. The SMILES string of the molecule is CCOc1cc(-c2ccc(C#N)c(F)c2)nn1C1CCN1C(=O)OC(C)(C)C. The first-order valence-electron chi connectivity index (χ1n) is 9.15. The fourth-order valence-electron chi connectivity index (χ4n) is 2.91. The Hall–Kier alpha value is -3.08. The maximum atomic E-state index is 14.0. The number of halogens is 1. The molecule has 7 nitrogen and oxygen atoms in total. The molecule has 0 spiro atoms. The maximum Gasteiger partial charge on any atom is 0.412 e. The number of likely N-dealkylation sites (tertiary alicyclic amines) is 1. The van der Waals surface area contributed by atoms with E-state index in [9.17, 15) is 9.18 Å². The third-order valence-corrected chi connectivity index (χ3v) is 4.28. The van der Waals surface area contributed by atoms with Crippen molar-refractivity contribution in [3.05, 3.63) is 35.6 Å². The molecule has 1 atom stereocenters. The summed E-state index contributed by atoms with van der Waals surface area (Å²) >= 11 is 0. The maximum absolute atomic E-state index is 14.0. The van der Waals surface area contributed by atoms with E-state index in [1.807, 2.05) is 27.7 Å². The molecule has 0 bridgehead atoms. The number of carbonyl (C=O) groups excluding carboxylic acids is 1. The summed E-state index contributed by atoms with van der Waals surface area (Å²) < 4.78 is 26.7. The number of benzene rings is 1. The molecule has 1 fully saturated rings. The zero-order valence-corrected chi connectivity index (χ0v) is 16.4. The molecule has 1 aliphatic heterocycles. The molecule has 0 radical (unpaired) electrons. The summed E-state index contributed by atoms with van der Waals surface area (Å²) in [5, 5.41) is 13.4. The van der Waals surface area contributed by atoms with E-state index in [0.29, 0.717) is 36.7 Å². The van der Waals surface area contributed by atoms with Gasteiger partial charge in [-0.2, -0.15) is 10.4 Å². The van der Waals surface area contributed by atoms with Gasteiger partial charge in [0.2, 0.25) is 5.88 Å². The Morgan fingerprint density at radius 1 is 1.39 bits per heavy atom. The summed E-state index contributed by atoms with van der Waals surface area (Å²) in [6, 6.07) is 7.83. The van der Waals surface area contributed by atoms with E-state index in [0.717, 1.165) is 0 Å². The molecule has 2 aromatic rings. The Bertz CT molecular complexity index is 927. The van der Waals surface area contributed by atoms with Crippen LogP contribution in [0.5, 0.6) is 5.88 Å². The number of rotatable bonds is 4. The van der Waals surface area contributed by atoms with Gasteiger partial charge in [-0.1, -0.05) is 6.07 Å². The molecule has 1 aromatic heterocycles. The van der Waals surface area contributed by atoms with Crippen molar-refractivity contribution in [2.24, 2.45) is 0 Å². The van der Waals surface area contributed by atoms with Crippen molar-refractivity contribution in [3.8, 4) is 23.2 Å². The van der Waals surface area contributed by atoms with Crippen molar-refractivity contribution < 1.29 is 18.7 Å². The number of carbonyl (C=O) groups is 1. The highest BCUT2D eigenvalue weighted by Gasteiger charge is 2.38. The van der Waals surface area contributed by atoms with Crippen molar-refractivity contribution in [3.63, 3.8) is 0 Å². The fourth-order valence-corrected chi connectivity index (χ4v) is 2.91. The monoisotopic (exact) mass is 386 g/mol. The van der Waals surface area contributed by atoms with Crippen molar-refractivity contribution in [1.29, 1.82) is 5.26 Å². The van der Waals surface area contributed by atoms with Crippen LogP contribution in [0.15, 0.2) is 24.3 Å². The Morgan fingerprint density at radius 3 is 2.68 bits per heavy atom. The molecule has 0 aliphatic carbocycles. The topological polar surface area (TPSA) is 80.4 Å². The Balaban J connectivity index is 1.90. The number of amides is 1.